The van der Waals surface area contributed by atoms with E-state index in [-0.39, 0.29) is 24.6 Å². The Morgan fingerprint density at radius 3 is 2.63 bits per heavy atom. The molecule has 0 fully saturated rings. The number of ether oxygens (including phenoxy) is 1. The standard InChI is InChI=1S/C15H24N2O2/c1-10(2)17-15(18)9-19-14-6-5-11(3)7-13(14)8-12(4)16/h5-7,10,12H,8-9,16H2,1-4H3,(H,17,18). The van der Waals surface area contributed by atoms with Crippen molar-refractivity contribution in [2.45, 2.75) is 46.2 Å². The Morgan fingerprint density at radius 2 is 2.05 bits per heavy atom. The van der Waals surface area contributed by atoms with Gasteiger partial charge in [0.05, 0.1) is 0 Å². The predicted octanol–water partition coefficient (Wildman–Crippen LogP) is 1.79. The number of hydrogen-bond acceptors (Lipinski definition) is 3. The molecule has 1 unspecified atom stereocenters. The van der Waals surface area contributed by atoms with E-state index in [1.165, 1.54) is 0 Å². The van der Waals surface area contributed by atoms with Crippen LogP contribution in [0.25, 0.3) is 0 Å². The Bertz CT molecular complexity index is 428. The van der Waals surface area contributed by atoms with E-state index < -0.39 is 0 Å². The number of carbonyl (C=O) groups is 1. The van der Waals surface area contributed by atoms with Crippen LogP contribution >= 0.6 is 0 Å². The number of rotatable bonds is 6. The lowest BCUT2D eigenvalue weighted by atomic mass is 10.0. The average molecular weight is 264 g/mol. The number of carbonyl (C=O) groups excluding carboxylic acids is 1. The highest BCUT2D eigenvalue weighted by Crippen LogP contribution is 2.21. The predicted molar refractivity (Wildman–Crippen MR) is 77.3 cm³/mol. The SMILES string of the molecule is Cc1ccc(OCC(=O)NC(C)C)c(CC(C)N)c1. The van der Waals surface area contributed by atoms with Crippen LogP contribution in [0.3, 0.4) is 0 Å². The number of amides is 1. The van der Waals surface area contributed by atoms with Gasteiger partial charge in [-0.3, -0.25) is 4.79 Å². The summed E-state index contributed by atoms with van der Waals surface area (Å²) in [6.45, 7) is 7.86. The van der Waals surface area contributed by atoms with Crippen LogP contribution in [0.4, 0.5) is 0 Å². The fraction of sp³-hybridized carbons (Fsp3) is 0.533. The quantitative estimate of drug-likeness (QED) is 0.823. The first-order valence-electron chi connectivity index (χ1n) is 6.65. The third-order valence-corrected chi connectivity index (χ3v) is 2.57. The molecule has 19 heavy (non-hydrogen) atoms. The maximum absolute atomic E-state index is 11.6. The largest absolute Gasteiger partial charge is 0.483 e. The van der Waals surface area contributed by atoms with Gasteiger partial charge in [0, 0.05) is 12.1 Å². The Labute approximate surface area is 115 Å². The maximum atomic E-state index is 11.6. The van der Waals surface area contributed by atoms with Crippen molar-refractivity contribution < 1.29 is 9.53 Å². The van der Waals surface area contributed by atoms with E-state index in [2.05, 4.69) is 11.4 Å². The zero-order chi connectivity index (χ0) is 14.4. The monoisotopic (exact) mass is 264 g/mol. The van der Waals surface area contributed by atoms with Crippen molar-refractivity contribution in [1.82, 2.24) is 5.32 Å². The van der Waals surface area contributed by atoms with Crippen molar-refractivity contribution in [3.8, 4) is 5.75 Å². The minimum Gasteiger partial charge on any atom is -0.483 e. The van der Waals surface area contributed by atoms with Crippen LogP contribution in [-0.2, 0) is 11.2 Å². The van der Waals surface area contributed by atoms with Gasteiger partial charge in [-0.2, -0.15) is 0 Å². The molecule has 0 aliphatic carbocycles. The van der Waals surface area contributed by atoms with Gasteiger partial charge in [0.15, 0.2) is 6.61 Å². The molecule has 0 radical (unpaired) electrons. The number of nitrogens with two attached hydrogens (primary N) is 1. The highest BCUT2D eigenvalue weighted by Gasteiger charge is 2.09. The smallest absolute Gasteiger partial charge is 0.258 e. The fourth-order valence-electron chi connectivity index (χ4n) is 1.86. The number of benzene rings is 1. The lowest BCUT2D eigenvalue weighted by Gasteiger charge is -2.14. The van der Waals surface area contributed by atoms with Crippen molar-refractivity contribution in [1.29, 1.82) is 0 Å². The highest BCUT2D eigenvalue weighted by molar-refractivity contribution is 5.77. The van der Waals surface area contributed by atoms with E-state index >= 15 is 0 Å². The molecule has 1 amide bonds. The van der Waals surface area contributed by atoms with Gasteiger partial charge >= 0.3 is 0 Å². The summed E-state index contributed by atoms with van der Waals surface area (Å²) in [5, 5.41) is 2.80. The molecule has 0 aromatic heterocycles. The molecule has 0 spiro atoms. The Hall–Kier alpha value is -1.55. The van der Waals surface area contributed by atoms with Crippen LogP contribution in [0, 0.1) is 6.92 Å². The Kier molecular flexibility index (Phi) is 5.83. The van der Waals surface area contributed by atoms with Crippen LogP contribution < -0.4 is 15.8 Å². The summed E-state index contributed by atoms with van der Waals surface area (Å²) < 4.78 is 5.59. The van der Waals surface area contributed by atoms with Crippen LogP contribution in [0.2, 0.25) is 0 Å². The maximum Gasteiger partial charge on any atom is 0.258 e. The van der Waals surface area contributed by atoms with E-state index in [9.17, 15) is 4.79 Å². The molecule has 3 N–H and O–H groups in total. The Balaban J connectivity index is 2.69. The number of hydrogen-bond donors (Lipinski definition) is 2. The molecule has 1 rings (SSSR count). The van der Waals surface area contributed by atoms with Gasteiger partial charge in [0.2, 0.25) is 0 Å². The van der Waals surface area contributed by atoms with Gasteiger partial charge in [-0.05, 0) is 45.7 Å². The zero-order valence-corrected chi connectivity index (χ0v) is 12.2. The third kappa shape index (κ3) is 5.75. The summed E-state index contributed by atoms with van der Waals surface area (Å²) in [5.74, 6) is 0.629. The lowest BCUT2D eigenvalue weighted by molar-refractivity contribution is -0.123. The van der Waals surface area contributed by atoms with Gasteiger partial charge in [0.1, 0.15) is 5.75 Å². The minimum absolute atomic E-state index is 0.0349. The lowest BCUT2D eigenvalue weighted by Crippen LogP contribution is -2.34. The molecular weight excluding hydrogens is 240 g/mol. The molecule has 1 atom stereocenters. The molecule has 0 bridgehead atoms. The van der Waals surface area contributed by atoms with Gasteiger partial charge in [-0.15, -0.1) is 0 Å². The van der Waals surface area contributed by atoms with Crippen LogP contribution in [0.1, 0.15) is 31.9 Å². The van der Waals surface area contributed by atoms with Gasteiger partial charge in [-0.25, -0.2) is 0 Å². The van der Waals surface area contributed by atoms with E-state index in [0.717, 1.165) is 23.3 Å². The third-order valence-electron chi connectivity index (χ3n) is 2.57. The first kappa shape index (κ1) is 15.5. The molecule has 0 aliphatic rings. The normalized spacial score (nSPS) is 12.3. The second-order valence-electron chi connectivity index (χ2n) is 5.30. The Morgan fingerprint density at radius 1 is 1.37 bits per heavy atom. The summed E-state index contributed by atoms with van der Waals surface area (Å²) in [6.07, 6.45) is 0.739. The van der Waals surface area contributed by atoms with E-state index in [1.807, 2.05) is 39.8 Å². The summed E-state index contributed by atoms with van der Waals surface area (Å²) >= 11 is 0. The van der Waals surface area contributed by atoms with Gasteiger partial charge < -0.3 is 15.8 Å². The van der Waals surface area contributed by atoms with Crippen molar-refractivity contribution in [3.63, 3.8) is 0 Å². The first-order chi connectivity index (χ1) is 8.88. The number of nitrogens with one attached hydrogen (secondary N) is 1. The molecular formula is C15H24N2O2. The van der Waals surface area contributed by atoms with Gasteiger partial charge in [0.25, 0.3) is 5.91 Å². The highest BCUT2D eigenvalue weighted by atomic mass is 16.5. The molecule has 106 valence electrons. The average Bonchev–Trinajstić information content (AvgIpc) is 2.26. The van der Waals surface area contributed by atoms with Crippen LogP contribution in [0.5, 0.6) is 5.75 Å². The van der Waals surface area contributed by atoms with Crippen molar-refractivity contribution in [2.75, 3.05) is 6.61 Å². The summed E-state index contributed by atoms with van der Waals surface area (Å²) in [6, 6.07) is 6.11. The van der Waals surface area contributed by atoms with E-state index in [0.29, 0.717) is 0 Å². The van der Waals surface area contributed by atoms with Crippen molar-refractivity contribution in [3.05, 3.63) is 29.3 Å². The summed E-state index contributed by atoms with van der Waals surface area (Å²) in [4.78, 5) is 11.6. The first-order valence-corrected chi connectivity index (χ1v) is 6.65. The summed E-state index contributed by atoms with van der Waals surface area (Å²) in [5.41, 5.74) is 8.04. The fourth-order valence-corrected chi connectivity index (χ4v) is 1.86. The number of aryl methyl sites for hydroxylation is 1. The second-order valence-corrected chi connectivity index (χ2v) is 5.30. The molecule has 0 saturated heterocycles. The minimum atomic E-state index is -0.109. The topological polar surface area (TPSA) is 64.3 Å². The van der Waals surface area contributed by atoms with Crippen molar-refractivity contribution >= 4 is 5.91 Å². The second kappa shape index (κ2) is 7.14. The molecule has 0 aliphatic heterocycles. The molecule has 0 saturated carbocycles. The zero-order valence-electron chi connectivity index (χ0n) is 12.2. The molecule has 1 aromatic rings. The van der Waals surface area contributed by atoms with Crippen LogP contribution in [0.15, 0.2) is 18.2 Å². The van der Waals surface area contributed by atoms with Gasteiger partial charge in [-0.1, -0.05) is 17.7 Å². The molecule has 1 aromatic carbocycles. The summed E-state index contributed by atoms with van der Waals surface area (Å²) in [7, 11) is 0. The van der Waals surface area contributed by atoms with E-state index in [4.69, 9.17) is 10.5 Å². The molecule has 4 nitrogen and oxygen atoms in total. The van der Waals surface area contributed by atoms with Crippen molar-refractivity contribution in [2.24, 2.45) is 5.73 Å². The molecule has 4 heteroatoms. The van der Waals surface area contributed by atoms with Crippen LogP contribution in [-0.4, -0.2) is 24.6 Å². The van der Waals surface area contributed by atoms with E-state index in [1.54, 1.807) is 0 Å². The molecule has 0 heterocycles.